The first kappa shape index (κ1) is 17.3. The van der Waals surface area contributed by atoms with Crippen molar-refractivity contribution in [1.82, 2.24) is 9.97 Å². The fourth-order valence-corrected chi connectivity index (χ4v) is 2.32. The monoisotopic (exact) mass is 353 g/mol. The van der Waals surface area contributed by atoms with Crippen LogP contribution < -0.4 is 14.8 Å². The highest BCUT2D eigenvalue weighted by Crippen LogP contribution is 2.29. The molecule has 26 heavy (non-hydrogen) atoms. The second-order valence-corrected chi connectivity index (χ2v) is 5.33. The summed E-state index contributed by atoms with van der Waals surface area (Å²) in [5, 5.41) is 2.74. The molecule has 3 rings (SSSR count). The van der Waals surface area contributed by atoms with Gasteiger partial charge in [-0.1, -0.05) is 12.1 Å². The van der Waals surface area contributed by atoms with Gasteiger partial charge in [0.05, 0.1) is 25.5 Å². The molecule has 0 aliphatic heterocycles. The van der Waals surface area contributed by atoms with Gasteiger partial charge in [-0.25, -0.2) is 14.4 Å². The van der Waals surface area contributed by atoms with E-state index in [0.29, 0.717) is 28.6 Å². The van der Waals surface area contributed by atoms with E-state index in [-0.39, 0.29) is 17.3 Å². The van der Waals surface area contributed by atoms with E-state index in [2.05, 4.69) is 15.3 Å². The Morgan fingerprint density at radius 1 is 1.04 bits per heavy atom. The Morgan fingerprint density at radius 3 is 2.46 bits per heavy atom. The maximum absolute atomic E-state index is 13.3. The Hall–Kier alpha value is -3.48. The van der Waals surface area contributed by atoms with Crippen molar-refractivity contribution in [3.8, 4) is 22.9 Å². The van der Waals surface area contributed by atoms with Crippen LogP contribution in [-0.2, 0) is 0 Å². The Kier molecular flexibility index (Phi) is 5.07. The maximum atomic E-state index is 13.3. The Labute approximate surface area is 149 Å². The first-order chi connectivity index (χ1) is 12.6. The van der Waals surface area contributed by atoms with Gasteiger partial charge in [0.1, 0.15) is 17.3 Å². The minimum Gasteiger partial charge on any atom is -0.497 e. The molecule has 0 bridgehead atoms. The maximum Gasteiger partial charge on any atom is 0.258 e. The van der Waals surface area contributed by atoms with Crippen molar-refractivity contribution in [2.45, 2.75) is 0 Å². The standard InChI is InChI=1S/C19H16FN3O3/c1-25-15-6-7-16(17(9-15)26-2)23-19(24)13-10-21-18(22-11-13)12-4-3-5-14(20)8-12/h3-11H,1-2H3,(H,23,24). The zero-order valence-corrected chi connectivity index (χ0v) is 14.2. The van der Waals surface area contributed by atoms with Gasteiger partial charge in [0.2, 0.25) is 0 Å². The lowest BCUT2D eigenvalue weighted by Gasteiger charge is -2.11. The smallest absolute Gasteiger partial charge is 0.258 e. The number of carbonyl (C=O) groups excluding carboxylic acids is 1. The number of hydrogen-bond acceptors (Lipinski definition) is 5. The molecule has 0 unspecified atom stereocenters. The van der Waals surface area contributed by atoms with Crippen LogP contribution in [0.4, 0.5) is 10.1 Å². The highest BCUT2D eigenvalue weighted by Gasteiger charge is 2.12. The molecular weight excluding hydrogens is 337 g/mol. The number of ether oxygens (including phenoxy) is 2. The number of aromatic nitrogens is 2. The van der Waals surface area contributed by atoms with E-state index in [1.807, 2.05) is 0 Å². The molecule has 6 nitrogen and oxygen atoms in total. The van der Waals surface area contributed by atoms with Gasteiger partial charge < -0.3 is 14.8 Å². The van der Waals surface area contributed by atoms with Crippen LogP contribution >= 0.6 is 0 Å². The summed E-state index contributed by atoms with van der Waals surface area (Å²) in [6.07, 6.45) is 2.77. The number of halogens is 1. The molecule has 1 aromatic heterocycles. The van der Waals surface area contributed by atoms with Crippen molar-refractivity contribution in [2.75, 3.05) is 19.5 Å². The number of anilines is 1. The molecule has 0 radical (unpaired) electrons. The number of nitrogens with one attached hydrogen (secondary N) is 1. The number of hydrogen-bond donors (Lipinski definition) is 1. The number of amides is 1. The van der Waals surface area contributed by atoms with Gasteiger partial charge in [-0.3, -0.25) is 4.79 Å². The summed E-state index contributed by atoms with van der Waals surface area (Å²) in [7, 11) is 3.05. The van der Waals surface area contributed by atoms with Crippen LogP contribution in [0.2, 0.25) is 0 Å². The Balaban J connectivity index is 1.78. The van der Waals surface area contributed by atoms with Crippen molar-refractivity contribution < 1.29 is 18.7 Å². The SMILES string of the molecule is COc1ccc(NC(=O)c2cnc(-c3cccc(F)c3)nc2)c(OC)c1. The third-order valence-corrected chi connectivity index (χ3v) is 3.65. The van der Waals surface area contributed by atoms with Crippen molar-refractivity contribution >= 4 is 11.6 Å². The first-order valence-corrected chi connectivity index (χ1v) is 7.72. The molecule has 0 saturated heterocycles. The van der Waals surface area contributed by atoms with Crippen LogP contribution in [0.25, 0.3) is 11.4 Å². The molecule has 1 N–H and O–H groups in total. The normalized spacial score (nSPS) is 10.3. The molecule has 7 heteroatoms. The minimum absolute atomic E-state index is 0.267. The molecule has 1 amide bonds. The lowest BCUT2D eigenvalue weighted by Crippen LogP contribution is -2.13. The van der Waals surface area contributed by atoms with Crippen molar-refractivity contribution in [1.29, 1.82) is 0 Å². The molecule has 0 aliphatic carbocycles. The second kappa shape index (κ2) is 7.60. The largest absolute Gasteiger partial charge is 0.497 e. The zero-order valence-electron chi connectivity index (χ0n) is 14.2. The van der Waals surface area contributed by atoms with Crippen LogP contribution in [0.5, 0.6) is 11.5 Å². The van der Waals surface area contributed by atoms with Crippen LogP contribution in [0.15, 0.2) is 54.9 Å². The fraction of sp³-hybridized carbons (Fsp3) is 0.105. The van der Waals surface area contributed by atoms with E-state index in [9.17, 15) is 9.18 Å². The summed E-state index contributed by atoms with van der Waals surface area (Å²) >= 11 is 0. The molecule has 0 fully saturated rings. The fourth-order valence-electron chi connectivity index (χ4n) is 2.32. The molecule has 0 aliphatic rings. The summed E-state index contributed by atoms with van der Waals surface area (Å²) in [4.78, 5) is 20.7. The van der Waals surface area contributed by atoms with E-state index in [4.69, 9.17) is 9.47 Å². The van der Waals surface area contributed by atoms with Crippen LogP contribution in [0.3, 0.4) is 0 Å². The summed E-state index contributed by atoms with van der Waals surface area (Å²) < 4.78 is 23.7. The van der Waals surface area contributed by atoms with Crippen LogP contribution in [0, 0.1) is 5.82 Å². The quantitative estimate of drug-likeness (QED) is 0.759. The van der Waals surface area contributed by atoms with Gasteiger partial charge in [0.15, 0.2) is 5.82 Å². The third-order valence-electron chi connectivity index (χ3n) is 3.65. The summed E-state index contributed by atoms with van der Waals surface area (Å²) in [5.74, 6) is 0.652. The van der Waals surface area contributed by atoms with Gasteiger partial charge >= 0.3 is 0 Å². The highest BCUT2D eigenvalue weighted by molar-refractivity contribution is 6.04. The topological polar surface area (TPSA) is 73.3 Å². The predicted molar refractivity (Wildman–Crippen MR) is 94.9 cm³/mol. The summed E-state index contributed by atoms with van der Waals surface area (Å²) in [5.41, 5.74) is 1.30. The molecule has 132 valence electrons. The summed E-state index contributed by atoms with van der Waals surface area (Å²) in [6, 6.07) is 11.0. The van der Waals surface area contributed by atoms with Crippen LogP contribution in [-0.4, -0.2) is 30.1 Å². The van der Waals surface area contributed by atoms with Crippen molar-refractivity contribution in [3.05, 3.63) is 66.2 Å². The minimum atomic E-state index is -0.390. The molecule has 1 heterocycles. The zero-order chi connectivity index (χ0) is 18.5. The van der Waals surface area contributed by atoms with Gasteiger partial charge in [-0.15, -0.1) is 0 Å². The molecule has 3 aromatic rings. The third kappa shape index (κ3) is 3.77. The van der Waals surface area contributed by atoms with E-state index < -0.39 is 0 Å². The molecule has 0 saturated carbocycles. The average Bonchev–Trinajstić information content (AvgIpc) is 2.68. The Bertz CT molecular complexity index is 930. The highest BCUT2D eigenvalue weighted by atomic mass is 19.1. The number of carbonyl (C=O) groups is 1. The molecule has 2 aromatic carbocycles. The molecule has 0 spiro atoms. The lowest BCUT2D eigenvalue weighted by molar-refractivity contribution is 0.102. The first-order valence-electron chi connectivity index (χ1n) is 7.72. The number of methoxy groups -OCH3 is 2. The van der Waals surface area contributed by atoms with E-state index >= 15 is 0 Å². The van der Waals surface area contributed by atoms with Gasteiger partial charge in [0.25, 0.3) is 5.91 Å². The van der Waals surface area contributed by atoms with E-state index in [1.54, 1.807) is 37.4 Å². The molecular formula is C19H16FN3O3. The van der Waals surface area contributed by atoms with Gasteiger partial charge in [-0.2, -0.15) is 0 Å². The van der Waals surface area contributed by atoms with E-state index in [0.717, 1.165) is 0 Å². The van der Waals surface area contributed by atoms with Gasteiger partial charge in [-0.05, 0) is 24.3 Å². The number of rotatable bonds is 5. The van der Waals surface area contributed by atoms with Gasteiger partial charge in [0, 0.05) is 24.0 Å². The van der Waals surface area contributed by atoms with Crippen LogP contribution in [0.1, 0.15) is 10.4 Å². The molecule has 0 atom stereocenters. The average molecular weight is 353 g/mol. The second-order valence-electron chi connectivity index (χ2n) is 5.33. The summed E-state index contributed by atoms with van der Waals surface area (Å²) in [6.45, 7) is 0. The Morgan fingerprint density at radius 2 is 1.81 bits per heavy atom. The van der Waals surface area contributed by atoms with Crippen molar-refractivity contribution in [3.63, 3.8) is 0 Å². The number of nitrogens with zero attached hydrogens (tertiary/aromatic N) is 2. The van der Waals surface area contributed by atoms with E-state index in [1.165, 1.54) is 31.6 Å². The number of benzene rings is 2. The van der Waals surface area contributed by atoms with Crippen molar-refractivity contribution in [2.24, 2.45) is 0 Å². The predicted octanol–water partition coefficient (Wildman–Crippen LogP) is 3.55. The lowest BCUT2D eigenvalue weighted by atomic mass is 10.2.